The van der Waals surface area contributed by atoms with Gasteiger partial charge in [-0.15, -0.1) is 0 Å². The summed E-state index contributed by atoms with van der Waals surface area (Å²) in [7, 11) is 2.08. The Morgan fingerprint density at radius 1 is 1.03 bits per heavy atom. The van der Waals surface area contributed by atoms with E-state index in [1.54, 1.807) is 0 Å². The first kappa shape index (κ1) is 24.8. The van der Waals surface area contributed by atoms with Crippen LogP contribution in [0, 0.1) is 11.7 Å². The number of hydrogen-bond donors (Lipinski definition) is 0. The van der Waals surface area contributed by atoms with Crippen LogP contribution in [0.5, 0.6) is 0 Å². The molecule has 6 rings (SSSR count). The van der Waals surface area contributed by atoms with Crippen molar-refractivity contribution in [3.8, 4) is 11.4 Å². The molecule has 1 saturated carbocycles. The molecular formula is C30H34FN5O2. The maximum atomic E-state index is 15.5. The number of aromatic nitrogens is 3. The molecule has 0 N–H and O–H groups in total. The van der Waals surface area contributed by atoms with Crippen LogP contribution in [0.4, 0.5) is 10.1 Å². The zero-order valence-corrected chi connectivity index (χ0v) is 21.9. The molecule has 198 valence electrons. The normalized spacial score (nSPS) is 17.4. The molecule has 1 aliphatic carbocycles. The Morgan fingerprint density at radius 2 is 1.79 bits per heavy atom. The molecule has 7 nitrogen and oxygen atoms in total. The van der Waals surface area contributed by atoms with Crippen molar-refractivity contribution >= 4 is 16.6 Å². The molecule has 2 aromatic heterocycles. The first-order valence-corrected chi connectivity index (χ1v) is 13.7. The molecule has 2 aromatic carbocycles. The van der Waals surface area contributed by atoms with Crippen LogP contribution in [0.3, 0.4) is 0 Å². The van der Waals surface area contributed by atoms with E-state index in [1.165, 1.54) is 38.2 Å². The van der Waals surface area contributed by atoms with E-state index in [1.807, 2.05) is 42.6 Å². The lowest BCUT2D eigenvalue weighted by Crippen LogP contribution is -2.44. The summed E-state index contributed by atoms with van der Waals surface area (Å²) in [5, 5.41) is 4.52. The number of likely N-dealkylation sites (N-methyl/N-ethyl adjacent to an activating group) is 1. The number of benzene rings is 2. The first-order chi connectivity index (χ1) is 18.5. The van der Waals surface area contributed by atoms with Gasteiger partial charge in [0, 0.05) is 44.3 Å². The van der Waals surface area contributed by atoms with Crippen molar-refractivity contribution in [2.75, 3.05) is 38.1 Å². The molecule has 4 aromatic rings. The van der Waals surface area contributed by atoms with Crippen LogP contribution >= 0.6 is 0 Å². The van der Waals surface area contributed by atoms with Gasteiger partial charge in [-0.25, -0.2) is 4.39 Å². The maximum absolute atomic E-state index is 15.5. The van der Waals surface area contributed by atoms with E-state index in [2.05, 4.69) is 31.6 Å². The second-order valence-electron chi connectivity index (χ2n) is 10.8. The number of fused-ring (bicyclic) bond motifs is 1. The van der Waals surface area contributed by atoms with Crippen LogP contribution in [-0.2, 0) is 13.0 Å². The van der Waals surface area contributed by atoms with Crippen LogP contribution in [-0.4, -0.2) is 52.8 Å². The molecule has 0 spiro atoms. The van der Waals surface area contributed by atoms with Gasteiger partial charge in [-0.2, -0.15) is 4.98 Å². The van der Waals surface area contributed by atoms with Crippen LogP contribution < -0.4 is 10.3 Å². The lowest BCUT2D eigenvalue weighted by molar-refractivity contribution is 0.311. The predicted molar refractivity (Wildman–Crippen MR) is 147 cm³/mol. The van der Waals surface area contributed by atoms with Crippen LogP contribution in [0.1, 0.15) is 43.6 Å². The van der Waals surface area contributed by atoms with Crippen LogP contribution in [0.2, 0.25) is 0 Å². The highest BCUT2D eigenvalue weighted by molar-refractivity contribution is 5.86. The summed E-state index contributed by atoms with van der Waals surface area (Å²) >= 11 is 0. The van der Waals surface area contributed by atoms with E-state index in [0.29, 0.717) is 34.9 Å². The highest BCUT2D eigenvalue weighted by Crippen LogP contribution is 2.30. The van der Waals surface area contributed by atoms with Gasteiger partial charge in [0.25, 0.3) is 0 Å². The molecule has 3 heterocycles. The maximum Gasteiger partial charge on any atom is 0.231 e. The van der Waals surface area contributed by atoms with Crippen molar-refractivity contribution in [2.45, 2.75) is 45.1 Å². The fourth-order valence-corrected chi connectivity index (χ4v) is 5.85. The van der Waals surface area contributed by atoms with Crippen molar-refractivity contribution in [1.82, 2.24) is 19.6 Å². The lowest BCUT2D eigenvalue weighted by Gasteiger charge is -2.34. The molecule has 0 unspecified atom stereocenters. The summed E-state index contributed by atoms with van der Waals surface area (Å²) in [4.78, 5) is 22.6. The molecule has 0 amide bonds. The molecule has 8 heteroatoms. The molecule has 2 aliphatic rings. The number of anilines is 1. The number of pyridine rings is 1. The molecule has 2 fully saturated rings. The Morgan fingerprint density at radius 3 is 2.55 bits per heavy atom. The number of piperazine rings is 1. The first-order valence-electron chi connectivity index (χ1n) is 13.7. The largest absolute Gasteiger partial charge is 0.367 e. The van der Waals surface area contributed by atoms with Gasteiger partial charge in [0.1, 0.15) is 5.82 Å². The molecular weight excluding hydrogens is 481 g/mol. The van der Waals surface area contributed by atoms with Crippen molar-refractivity contribution in [1.29, 1.82) is 0 Å². The number of nitrogens with zero attached hydrogens (tertiary/aromatic N) is 5. The highest BCUT2D eigenvalue weighted by Gasteiger charge is 2.23. The Balaban J connectivity index is 1.42. The van der Waals surface area contributed by atoms with E-state index in [-0.39, 0.29) is 17.1 Å². The minimum atomic E-state index is -0.363. The lowest BCUT2D eigenvalue weighted by atomic mass is 9.89. The van der Waals surface area contributed by atoms with Gasteiger partial charge in [-0.1, -0.05) is 54.8 Å². The molecule has 1 saturated heterocycles. The third kappa shape index (κ3) is 5.10. The molecule has 38 heavy (non-hydrogen) atoms. The monoisotopic (exact) mass is 515 g/mol. The second kappa shape index (κ2) is 10.7. The van der Waals surface area contributed by atoms with Crippen molar-refractivity contribution in [3.05, 3.63) is 76.2 Å². The second-order valence-corrected chi connectivity index (χ2v) is 10.8. The van der Waals surface area contributed by atoms with Crippen molar-refractivity contribution in [3.63, 3.8) is 0 Å². The number of hydrogen-bond acceptors (Lipinski definition) is 6. The topological polar surface area (TPSA) is 67.4 Å². The summed E-state index contributed by atoms with van der Waals surface area (Å²) < 4.78 is 23.1. The fraction of sp³-hybridized carbons (Fsp3) is 0.433. The van der Waals surface area contributed by atoms with Gasteiger partial charge in [0.15, 0.2) is 0 Å². The van der Waals surface area contributed by atoms with Gasteiger partial charge < -0.3 is 18.9 Å². The highest BCUT2D eigenvalue weighted by atomic mass is 19.1. The van der Waals surface area contributed by atoms with E-state index in [0.717, 1.165) is 43.8 Å². The Hall–Kier alpha value is -3.52. The average molecular weight is 516 g/mol. The number of rotatable bonds is 6. The van der Waals surface area contributed by atoms with Gasteiger partial charge in [-0.3, -0.25) is 4.79 Å². The van der Waals surface area contributed by atoms with E-state index in [9.17, 15) is 4.79 Å². The molecule has 0 atom stereocenters. The Kier molecular flexibility index (Phi) is 6.98. The fourth-order valence-electron chi connectivity index (χ4n) is 5.85. The summed E-state index contributed by atoms with van der Waals surface area (Å²) in [5.41, 5.74) is 2.47. The van der Waals surface area contributed by atoms with Gasteiger partial charge in [-0.05, 0) is 43.5 Å². The standard InChI is InChI=1S/C30H34FN5O2/c1-34-12-14-35(15-13-34)27-18-26-23(17-25(27)31)29(37)24(20-36(26)19-22-10-6-3-7-11-22)30-32-28(38-33-30)16-21-8-4-2-5-9-21/h2,4-5,8-9,17-18,20,22H,3,6-7,10-16,19H2,1H3. The zero-order chi connectivity index (χ0) is 26.1. The van der Waals surface area contributed by atoms with E-state index < -0.39 is 0 Å². The third-order valence-corrected chi connectivity index (χ3v) is 8.08. The van der Waals surface area contributed by atoms with Gasteiger partial charge >= 0.3 is 0 Å². The summed E-state index contributed by atoms with van der Waals surface area (Å²) in [6, 6.07) is 13.2. The third-order valence-electron chi connectivity index (χ3n) is 8.08. The quantitative estimate of drug-likeness (QED) is 0.355. The van der Waals surface area contributed by atoms with Crippen molar-refractivity contribution in [2.24, 2.45) is 5.92 Å². The summed E-state index contributed by atoms with van der Waals surface area (Å²) in [5.74, 6) is 0.863. The SMILES string of the molecule is CN1CCN(c2cc3c(cc2F)c(=O)c(-c2noc(Cc4ccccc4)n2)cn3CC2CCCCC2)CC1. The van der Waals surface area contributed by atoms with Crippen LogP contribution in [0.15, 0.2) is 58.0 Å². The van der Waals surface area contributed by atoms with Gasteiger partial charge in [0.2, 0.25) is 17.1 Å². The molecule has 1 aliphatic heterocycles. The smallest absolute Gasteiger partial charge is 0.231 e. The van der Waals surface area contributed by atoms with Gasteiger partial charge in [0.05, 0.1) is 23.2 Å². The Labute approximate surface area is 221 Å². The minimum absolute atomic E-state index is 0.253. The van der Waals surface area contributed by atoms with Crippen molar-refractivity contribution < 1.29 is 8.91 Å². The predicted octanol–water partition coefficient (Wildman–Crippen LogP) is 5.11. The van der Waals surface area contributed by atoms with Crippen LogP contribution in [0.25, 0.3) is 22.3 Å². The van der Waals surface area contributed by atoms with E-state index in [4.69, 9.17) is 4.52 Å². The molecule has 0 bridgehead atoms. The minimum Gasteiger partial charge on any atom is -0.367 e. The summed E-state index contributed by atoms with van der Waals surface area (Å²) in [6.07, 6.45) is 8.41. The average Bonchev–Trinajstić information content (AvgIpc) is 3.40. The van der Waals surface area contributed by atoms with E-state index >= 15 is 4.39 Å². The molecule has 0 radical (unpaired) electrons. The number of halogens is 1. The summed E-state index contributed by atoms with van der Waals surface area (Å²) in [6.45, 7) is 4.07. The Bertz CT molecular complexity index is 1470. The zero-order valence-electron chi connectivity index (χ0n) is 21.9.